The van der Waals surface area contributed by atoms with Crippen molar-refractivity contribution in [3.8, 4) is 11.5 Å². The van der Waals surface area contributed by atoms with Crippen LogP contribution in [-0.2, 0) is 9.53 Å². The van der Waals surface area contributed by atoms with Crippen LogP contribution < -0.4 is 5.32 Å². The molecule has 8 nitrogen and oxygen atoms in total. The Hall–Kier alpha value is -2.84. The molecule has 134 valence electrons. The number of nitrogens with zero attached hydrogens (tertiary/aromatic N) is 4. The molecule has 1 aliphatic rings. The molecule has 1 aliphatic heterocycles. The molecule has 0 aliphatic carbocycles. The monoisotopic (exact) mass is 361 g/mol. The third-order valence-electron chi connectivity index (χ3n) is 3.48. The summed E-state index contributed by atoms with van der Waals surface area (Å²) >= 11 is 0. The van der Waals surface area contributed by atoms with E-state index in [9.17, 15) is 4.79 Å². The second kappa shape index (κ2) is 7.19. The zero-order valence-electron chi connectivity index (χ0n) is 21.6. The lowest BCUT2D eigenvalue weighted by Crippen LogP contribution is -2.41. The maximum absolute atomic E-state index is 12.7. The molecule has 0 saturated carbocycles. The van der Waals surface area contributed by atoms with Crippen molar-refractivity contribution in [3.05, 3.63) is 36.5 Å². The summed E-state index contributed by atoms with van der Waals surface area (Å²) in [5.41, 5.74) is 0.942. The van der Waals surface area contributed by atoms with Gasteiger partial charge >= 0.3 is 0 Å². The van der Waals surface area contributed by atoms with Crippen molar-refractivity contribution in [3.63, 3.8) is 0 Å². The summed E-state index contributed by atoms with van der Waals surface area (Å²) in [4.78, 5) is 25.4. The minimum Gasteiger partial charge on any atom is -0.439 e. The first kappa shape index (κ1) is 9.75. The Labute approximate surface area is 161 Å². The Kier molecular flexibility index (Phi) is 2.69. The lowest BCUT2D eigenvalue weighted by atomic mass is 10.2. The normalized spacial score (nSPS) is 27.6. The van der Waals surface area contributed by atoms with Gasteiger partial charge in [0.05, 0.1) is 36.9 Å². The number of anilines is 1. The number of morpholine rings is 1. The van der Waals surface area contributed by atoms with Crippen LogP contribution in [0.1, 0.15) is 16.9 Å². The molecule has 0 atom stereocenters. The number of carbonyl (C=O) groups excluding carboxylic acids is 1. The largest absolute Gasteiger partial charge is 0.439 e. The van der Waals surface area contributed by atoms with E-state index >= 15 is 0 Å². The summed E-state index contributed by atoms with van der Waals surface area (Å²) < 4.78 is 72.6. The van der Waals surface area contributed by atoms with Gasteiger partial charge in [0.25, 0.3) is 0 Å². The van der Waals surface area contributed by atoms with Crippen molar-refractivity contribution in [1.29, 1.82) is 0 Å². The van der Waals surface area contributed by atoms with E-state index in [1.54, 1.807) is 19.1 Å². The number of hydrogen-bond acceptors (Lipinski definition) is 7. The number of rotatable bonds is 4. The molecule has 1 saturated heterocycles. The molecule has 1 N–H and O–H groups in total. The molecule has 0 radical (unpaired) electrons. The molecular formula is C18H19N5O3. The van der Waals surface area contributed by atoms with Gasteiger partial charge in [0.1, 0.15) is 11.5 Å². The minimum absolute atomic E-state index is 0.0244. The maximum Gasteiger partial charge on any atom is 0.239 e. The van der Waals surface area contributed by atoms with Crippen molar-refractivity contribution in [1.82, 2.24) is 19.9 Å². The number of pyridine rings is 2. The lowest BCUT2D eigenvalue weighted by Gasteiger charge is -2.25. The first-order valence-corrected chi connectivity index (χ1v) is 7.61. The Bertz CT molecular complexity index is 1240. The molecule has 0 aromatic carbocycles. The Morgan fingerprint density at radius 2 is 2.15 bits per heavy atom. The molecule has 1 amide bonds. The number of aromatic nitrogens is 3. The van der Waals surface area contributed by atoms with Crippen LogP contribution in [0.3, 0.4) is 0 Å². The van der Waals surface area contributed by atoms with Gasteiger partial charge < -0.3 is 14.5 Å². The van der Waals surface area contributed by atoms with Crippen LogP contribution in [0.4, 0.5) is 5.82 Å². The highest BCUT2D eigenvalue weighted by Crippen LogP contribution is 2.22. The van der Waals surface area contributed by atoms with Crippen LogP contribution in [0, 0.1) is 6.92 Å². The maximum atomic E-state index is 12.7. The smallest absolute Gasteiger partial charge is 0.239 e. The standard InChI is InChI=1S/C18H19N5O3/c1-12-19-10-16(26-12)14-3-2-13-9-20-17(8-15(13)21-14)22-18(24)11-23-4-6-25-7-5-23/h2-3,8-10H,4-7,11H2,1H3,(H,20,22,24)/i4D2,5D2,6D2,7D2. The summed E-state index contributed by atoms with van der Waals surface area (Å²) in [6, 6.07) is 4.91. The number of fused-ring (bicyclic) bond motifs is 1. The fraction of sp³-hybridized carbons (Fsp3) is 0.333. The Balaban J connectivity index is 1.58. The van der Waals surface area contributed by atoms with Crippen molar-refractivity contribution in [2.24, 2.45) is 0 Å². The van der Waals surface area contributed by atoms with Crippen molar-refractivity contribution < 1.29 is 24.9 Å². The molecule has 3 aromatic heterocycles. The number of carbonyl (C=O) groups is 1. The molecule has 0 unspecified atom stereocenters. The number of oxazole rings is 1. The summed E-state index contributed by atoms with van der Waals surface area (Å²) in [6.07, 6.45) is 2.97. The average molecular weight is 361 g/mol. The SMILES string of the molecule is [2H]C1([2H])OC([2H])([2H])C([2H])([2H])N(CC(=O)Nc2cc3nc(-c4cnc(C)o4)ccc3cn2)C1([2H])[2H]. The molecular weight excluding hydrogens is 334 g/mol. The van der Waals surface area contributed by atoms with E-state index < -0.39 is 38.6 Å². The van der Waals surface area contributed by atoms with E-state index in [0.717, 1.165) is 0 Å². The fourth-order valence-corrected chi connectivity index (χ4v) is 2.32. The third kappa shape index (κ3) is 3.71. The van der Waals surface area contributed by atoms with Crippen molar-refractivity contribution in [2.75, 3.05) is 38.0 Å². The molecule has 0 spiro atoms. The second-order valence-electron chi connectivity index (χ2n) is 5.37. The second-order valence-corrected chi connectivity index (χ2v) is 5.37. The first-order valence-electron chi connectivity index (χ1n) is 11.6. The zero-order valence-corrected chi connectivity index (χ0v) is 13.6. The van der Waals surface area contributed by atoms with E-state index in [4.69, 9.17) is 15.4 Å². The van der Waals surface area contributed by atoms with E-state index in [1.807, 2.05) is 0 Å². The van der Waals surface area contributed by atoms with Gasteiger partial charge in [-0.25, -0.2) is 15.0 Å². The average Bonchev–Trinajstić information content (AvgIpc) is 3.16. The third-order valence-corrected chi connectivity index (χ3v) is 3.48. The van der Waals surface area contributed by atoms with E-state index in [2.05, 4.69) is 25.0 Å². The fourth-order valence-electron chi connectivity index (χ4n) is 2.32. The van der Waals surface area contributed by atoms with E-state index in [0.29, 0.717) is 28.2 Å². The lowest BCUT2D eigenvalue weighted by molar-refractivity contribution is -0.118. The number of nitrogens with one attached hydrogen (secondary N) is 1. The summed E-state index contributed by atoms with van der Waals surface area (Å²) in [5, 5.41) is 3.04. The van der Waals surface area contributed by atoms with Gasteiger partial charge in [0.2, 0.25) is 5.91 Å². The van der Waals surface area contributed by atoms with Gasteiger partial charge in [0, 0.05) is 43.0 Å². The molecule has 26 heavy (non-hydrogen) atoms. The highest BCUT2D eigenvalue weighted by Gasteiger charge is 2.15. The highest BCUT2D eigenvalue weighted by molar-refractivity contribution is 5.93. The summed E-state index contributed by atoms with van der Waals surface area (Å²) in [6.45, 7) is -12.1. The predicted octanol–water partition coefficient (Wildman–Crippen LogP) is 1.86. The molecule has 3 aromatic rings. The quantitative estimate of drug-likeness (QED) is 0.758. The van der Waals surface area contributed by atoms with Crippen LogP contribution in [0.5, 0.6) is 0 Å². The van der Waals surface area contributed by atoms with Gasteiger partial charge in [-0.15, -0.1) is 0 Å². The van der Waals surface area contributed by atoms with Gasteiger partial charge in [-0.3, -0.25) is 9.69 Å². The van der Waals surface area contributed by atoms with Gasteiger partial charge in [-0.1, -0.05) is 0 Å². The number of hydrogen-bond donors (Lipinski definition) is 1. The number of aryl methyl sites for hydroxylation is 1. The molecule has 8 heteroatoms. The summed E-state index contributed by atoms with van der Waals surface area (Å²) in [5.74, 6) is -0.00953. The van der Waals surface area contributed by atoms with Crippen molar-refractivity contribution >= 4 is 22.6 Å². The van der Waals surface area contributed by atoms with Crippen LogP contribution in [-0.4, -0.2) is 58.4 Å². The Morgan fingerprint density at radius 1 is 1.31 bits per heavy atom. The molecule has 4 rings (SSSR count). The molecule has 4 heterocycles. The minimum atomic E-state index is -3.23. The highest BCUT2D eigenvalue weighted by atomic mass is 16.5. The first-order chi connectivity index (χ1) is 15.6. The van der Waals surface area contributed by atoms with Crippen LogP contribution >= 0.6 is 0 Å². The topological polar surface area (TPSA) is 93.4 Å². The van der Waals surface area contributed by atoms with Gasteiger partial charge in [-0.05, 0) is 12.1 Å². The van der Waals surface area contributed by atoms with Gasteiger partial charge in [-0.2, -0.15) is 0 Å². The van der Waals surface area contributed by atoms with E-state index in [-0.39, 0.29) is 10.7 Å². The number of amides is 1. The number of ether oxygens (including phenoxy) is 1. The zero-order chi connectivity index (χ0) is 25.1. The Morgan fingerprint density at radius 3 is 2.92 bits per heavy atom. The van der Waals surface area contributed by atoms with Crippen LogP contribution in [0.2, 0.25) is 0 Å². The summed E-state index contributed by atoms with van der Waals surface area (Å²) in [7, 11) is 0. The van der Waals surface area contributed by atoms with Crippen LogP contribution in [0.25, 0.3) is 22.4 Å². The molecule has 0 bridgehead atoms. The molecule has 1 fully saturated rings. The van der Waals surface area contributed by atoms with Gasteiger partial charge in [0.15, 0.2) is 11.7 Å². The predicted molar refractivity (Wildman–Crippen MR) is 95.7 cm³/mol. The van der Waals surface area contributed by atoms with Crippen LogP contribution in [0.15, 0.2) is 35.0 Å². The van der Waals surface area contributed by atoms with E-state index in [1.165, 1.54) is 18.5 Å². The van der Waals surface area contributed by atoms with Crippen molar-refractivity contribution in [2.45, 2.75) is 6.92 Å².